The van der Waals surface area contributed by atoms with Gasteiger partial charge >= 0.3 is 0 Å². The van der Waals surface area contributed by atoms with Crippen LogP contribution in [0.4, 0.5) is 0 Å². The van der Waals surface area contributed by atoms with Crippen LogP contribution in [-0.4, -0.2) is 60.5 Å². The Balaban J connectivity index is 1.81. The lowest BCUT2D eigenvalue weighted by atomic mass is 9.39. The van der Waals surface area contributed by atoms with E-state index in [1.165, 1.54) is 19.1 Å². The first-order chi connectivity index (χ1) is 16.7. The highest BCUT2D eigenvalue weighted by molar-refractivity contribution is 6.02. The van der Waals surface area contributed by atoms with Gasteiger partial charge in [-0.3, -0.25) is 9.59 Å². The summed E-state index contributed by atoms with van der Waals surface area (Å²) in [4.78, 5) is 27.0. The van der Waals surface area contributed by atoms with E-state index in [1.807, 2.05) is 19.9 Å². The van der Waals surface area contributed by atoms with E-state index in [2.05, 4.69) is 6.92 Å². The standard InChI is InChI=1S/C30H44O7/c1-25(2,36)12-11-21(33)30(8,37)23-19(32)14-27(5)20-10-9-16-17(13-18(31)24(35)26(16,3)4)29(20,7)22(34)15-28(23,27)6/h9,11-13,17,19-21,23,31-33,36-37H,10,14-15H2,1-8H3/b12-11+/t17-,19-,20+,21+,23+,27+,28-,29+,30+/m1/s1. The zero-order valence-electron chi connectivity index (χ0n) is 23.4. The zero-order chi connectivity index (χ0) is 28.1. The van der Waals surface area contributed by atoms with Crippen molar-refractivity contribution in [3.8, 4) is 0 Å². The second-order valence-corrected chi connectivity index (χ2v) is 14.1. The lowest BCUT2D eigenvalue weighted by Crippen LogP contribution is -2.64. The molecule has 7 nitrogen and oxygen atoms in total. The number of ketones is 2. The van der Waals surface area contributed by atoms with Crippen LogP contribution < -0.4 is 0 Å². The fourth-order valence-corrected chi connectivity index (χ4v) is 8.72. The van der Waals surface area contributed by atoms with Gasteiger partial charge in [-0.2, -0.15) is 0 Å². The number of aliphatic hydroxyl groups excluding tert-OH is 3. The van der Waals surface area contributed by atoms with E-state index in [0.29, 0.717) is 12.8 Å². The summed E-state index contributed by atoms with van der Waals surface area (Å²) in [5, 5.41) is 54.8. The monoisotopic (exact) mass is 516 g/mol. The number of fused-ring (bicyclic) bond motifs is 5. The summed E-state index contributed by atoms with van der Waals surface area (Å²) in [5.74, 6) is -2.15. The molecule has 0 aromatic heterocycles. The first kappa shape index (κ1) is 28.2. The van der Waals surface area contributed by atoms with E-state index < -0.39 is 56.9 Å². The predicted octanol–water partition coefficient (Wildman–Crippen LogP) is 3.41. The van der Waals surface area contributed by atoms with Gasteiger partial charge in [-0.25, -0.2) is 0 Å². The lowest BCUT2D eigenvalue weighted by molar-refractivity contribution is -0.186. The second-order valence-electron chi connectivity index (χ2n) is 14.1. The number of rotatable bonds is 4. The molecule has 0 saturated heterocycles. The Morgan fingerprint density at radius 1 is 1.05 bits per heavy atom. The molecule has 4 rings (SSSR count). The molecule has 0 aliphatic heterocycles. The number of aliphatic hydroxyl groups is 5. The summed E-state index contributed by atoms with van der Waals surface area (Å²) in [6, 6.07) is 0. The number of allylic oxidation sites excluding steroid dienone is 4. The first-order valence-electron chi connectivity index (χ1n) is 13.4. The minimum absolute atomic E-state index is 0.0290. The fraction of sp³-hybridized carbons (Fsp3) is 0.733. The van der Waals surface area contributed by atoms with Gasteiger partial charge in [0.25, 0.3) is 0 Å². The molecule has 5 N–H and O–H groups in total. The highest BCUT2D eigenvalue weighted by Crippen LogP contribution is 2.73. The van der Waals surface area contributed by atoms with E-state index >= 15 is 0 Å². The van der Waals surface area contributed by atoms with Crippen LogP contribution in [0.15, 0.2) is 35.6 Å². The smallest absolute Gasteiger partial charge is 0.206 e. The van der Waals surface area contributed by atoms with Gasteiger partial charge in [-0.05, 0) is 70.3 Å². The van der Waals surface area contributed by atoms with Gasteiger partial charge in [0.15, 0.2) is 5.76 Å². The molecule has 0 aromatic rings. The summed E-state index contributed by atoms with van der Waals surface area (Å²) in [7, 11) is 0. The molecule has 7 heteroatoms. The quantitative estimate of drug-likeness (QED) is 0.361. The third-order valence-corrected chi connectivity index (χ3v) is 10.9. The number of carbonyl (C=O) groups is 2. The van der Waals surface area contributed by atoms with Crippen LogP contribution in [-0.2, 0) is 9.59 Å². The van der Waals surface area contributed by atoms with E-state index in [1.54, 1.807) is 33.8 Å². The second kappa shape index (κ2) is 8.10. The Kier molecular flexibility index (Phi) is 6.18. The van der Waals surface area contributed by atoms with Crippen LogP contribution in [0.2, 0.25) is 0 Å². The topological polar surface area (TPSA) is 135 Å². The molecule has 2 saturated carbocycles. The summed E-state index contributed by atoms with van der Waals surface area (Å²) in [5.41, 5.74) is -5.34. The van der Waals surface area contributed by atoms with Crippen molar-refractivity contribution in [2.24, 2.45) is 39.4 Å². The maximum atomic E-state index is 14.2. The molecule has 0 unspecified atom stereocenters. The third-order valence-electron chi connectivity index (χ3n) is 10.9. The lowest BCUT2D eigenvalue weighted by Gasteiger charge is -2.63. The summed E-state index contributed by atoms with van der Waals surface area (Å²) < 4.78 is 0. The van der Waals surface area contributed by atoms with Crippen molar-refractivity contribution in [1.29, 1.82) is 0 Å². The van der Waals surface area contributed by atoms with Gasteiger partial charge in [0.2, 0.25) is 5.78 Å². The van der Waals surface area contributed by atoms with Gasteiger partial charge in [0, 0.05) is 23.7 Å². The highest BCUT2D eigenvalue weighted by atomic mass is 16.3. The first-order valence-corrected chi connectivity index (χ1v) is 13.4. The summed E-state index contributed by atoms with van der Waals surface area (Å²) in [6.07, 6.45) is 4.97. The molecular weight excluding hydrogens is 472 g/mol. The Labute approximate surface area is 220 Å². The van der Waals surface area contributed by atoms with Crippen molar-refractivity contribution in [1.82, 2.24) is 0 Å². The number of Topliss-reactive ketones (excluding diaryl/α,β-unsaturated/α-hetero) is 2. The maximum Gasteiger partial charge on any atom is 0.206 e. The largest absolute Gasteiger partial charge is 0.505 e. The molecule has 4 aliphatic rings. The molecule has 206 valence electrons. The van der Waals surface area contributed by atoms with Crippen LogP contribution >= 0.6 is 0 Å². The van der Waals surface area contributed by atoms with Crippen molar-refractivity contribution in [2.75, 3.05) is 0 Å². The minimum Gasteiger partial charge on any atom is -0.505 e. The van der Waals surface area contributed by atoms with Crippen LogP contribution in [0.5, 0.6) is 0 Å². The summed E-state index contributed by atoms with van der Waals surface area (Å²) >= 11 is 0. The van der Waals surface area contributed by atoms with Crippen molar-refractivity contribution >= 4 is 11.6 Å². The molecule has 0 heterocycles. The van der Waals surface area contributed by atoms with Gasteiger partial charge in [0.05, 0.1) is 22.7 Å². The Bertz CT molecular complexity index is 1110. The fourth-order valence-electron chi connectivity index (χ4n) is 8.72. The van der Waals surface area contributed by atoms with Crippen molar-refractivity contribution < 1.29 is 35.1 Å². The van der Waals surface area contributed by atoms with Crippen LogP contribution in [0.3, 0.4) is 0 Å². The molecule has 37 heavy (non-hydrogen) atoms. The molecular formula is C30H44O7. The van der Waals surface area contributed by atoms with Crippen molar-refractivity contribution in [2.45, 2.75) is 98.1 Å². The average Bonchev–Trinajstić information content (AvgIpc) is 2.96. The number of carbonyl (C=O) groups excluding carboxylic acids is 2. The Hall–Kier alpha value is -1.80. The van der Waals surface area contributed by atoms with Gasteiger partial charge < -0.3 is 25.5 Å². The third kappa shape index (κ3) is 3.68. The molecule has 0 radical (unpaired) electrons. The van der Waals surface area contributed by atoms with Crippen LogP contribution in [0.25, 0.3) is 0 Å². The normalized spacial score (nSPS) is 43.9. The van der Waals surface area contributed by atoms with Gasteiger partial charge in [-0.15, -0.1) is 0 Å². The van der Waals surface area contributed by atoms with Crippen molar-refractivity contribution in [3.05, 3.63) is 35.6 Å². The van der Waals surface area contributed by atoms with E-state index in [4.69, 9.17) is 0 Å². The van der Waals surface area contributed by atoms with Crippen LogP contribution in [0, 0.1) is 39.4 Å². The molecule has 9 atom stereocenters. The molecule has 0 amide bonds. The molecule has 4 aliphatic carbocycles. The van der Waals surface area contributed by atoms with Crippen molar-refractivity contribution in [3.63, 3.8) is 0 Å². The minimum atomic E-state index is -1.77. The van der Waals surface area contributed by atoms with Crippen LogP contribution in [0.1, 0.15) is 74.7 Å². The zero-order valence-corrected chi connectivity index (χ0v) is 23.4. The predicted molar refractivity (Wildman–Crippen MR) is 139 cm³/mol. The van der Waals surface area contributed by atoms with Gasteiger partial charge in [0.1, 0.15) is 11.9 Å². The highest BCUT2D eigenvalue weighted by Gasteiger charge is 2.74. The molecule has 0 aromatic carbocycles. The molecule has 2 fully saturated rings. The van der Waals surface area contributed by atoms with E-state index in [9.17, 15) is 35.1 Å². The van der Waals surface area contributed by atoms with E-state index in [-0.39, 0.29) is 29.7 Å². The van der Waals surface area contributed by atoms with Gasteiger partial charge in [-0.1, -0.05) is 44.6 Å². The Morgan fingerprint density at radius 2 is 1.65 bits per heavy atom. The Morgan fingerprint density at radius 3 is 2.22 bits per heavy atom. The average molecular weight is 517 g/mol. The SMILES string of the molecule is CC(C)(O)/C=C/[C@H](O)[C@](C)(O)[C@H]1[C@H](O)C[C@@]2(C)[C@@H]3CC=C4[C@@H](C=C(O)C(=O)C4(C)C)[C@]3(C)C(=O)C[C@]12C. The number of hydrogen-bond donors (Lipinski definition) is 5. The van der Waals surface area contributed by atoms with E-state index in [0.717, 1.165) is 5.57 Å². The maximum absolute atomic E-state index is 14.2. The summed E-state index contributed by atoms with van der Waals surface area (Å²) in [6.45, 7) is 14.1. The molecule has 0 bridgehead atoms. The molecule has 0 spiro atoms. The number of hydrogen-bond acceptors (Lipinski definition) is 7.